The molecule has 2 bridgehead atoms. The number of anilines is 1. The van der Waals surface area contributed by atoms with Crippen LogP contribution in [0, 0.1) is 5.82 Å². The van der Waals surface area contributed by atoms with Gasteiger partial charge in [-0.15, -0.1) is 0 Å². The molecule has 7 nitrogen and oxygen atoms in total. The molecule has 0 radical (unpaired) electrons. The number of hydrogen-bond donors (Lipinski definition) is 3. The molecule has 2 heterocycles. The van der Waals surface area contributed by atoms with Crippen LogP contribution in [0.3, 0.4) is 0 Å². The number of fused-ring (bicyclic) bond motifs is 3. The second-order valence-electron chi connectivity index (χ2n) is 10.2. The summed E-state index contributed by atoms with van der Waals surface area (Å²) < 4.78 is 16.3. The average Bonchev–Trinajstić information content (AvgIpc) is 3.22. The van der Waals surface area contributed by atoms with Gasteiger partial charge in [0.05, 0.1) is 5.69 Å². The Hall–Kier alpha value is -3.49. The Kier molecular flexibility index (Phi) is 7.39. The number of likely N-dealkylation sites (tertiary alicyclic amines) is 1. The third-order valence-electron chi connectivity index (χ3n) is 7.26. The zero-order valence-corrected chi connectivity index (χ0v) is 21.4. The summed E-state index contributed by atoms with van der Waals surface area (Å²) in [5, 5.41) is 18.2. The molecule has 0 spiro atoms. The third kappa shape index (κ3) is 5.31. The SMILES string of the molecule is CN(C)CCCN=C(c1ccc(-c2cc(O)cc3ccccc23)c(F)c1NC=O)N1CC2CCC(C1)N2. The molecular formula is C29H34FN5O2. The molecule has 8 heteroatoms. The fraction of sp³-hybridized carbons (Fsp3) is 0.379. The van der Waals surface area contributed by atoms with Crippen molar-refractivity contribution in [3.8, 4) is 16.9 Å². The number of carbonyl (C=O) groups excluding carboxylic acids is 1. The van der Waals surface area contributed by atoms with Crippen LogP contribution in [-0.2, 0) is 4.79 Å². The Bertz CT molecular complexity index is 1310. The Morgan fingerprint density at radius 3 is 2.65 bits per heavy atom. The van der Waals surface area contributed by atoms with E-state index in [0.717, 1.165) is 49.7 Å². The minimum atomic E-state index is -0.542. The van der Waals surface area contributed by atoms with E-state index in [4.69, 9.17) is 4.99 Å². The molecule has 0 aromatic heterocycles. The first kappa shape index (κ1) is 25.2. The molecule has 2 aliphatic rings. The number of halogens is 1. The van der Waals surface area contributed by atoms with Crippen LogP contribution in [0.1, 0.15) is 24.8 Å². The lowest BCUT2D eigenvalue weighted by Gasteiger charge is -2.36. The fourth-order valence-corrected chi connectivity index (χ4v) is 5.59. The van der Waals surface area contributed by atoms with Crippen molar-refractivity contribution in [2.24, 2.45) is 4.99 Å². The number of nitrogens with zero attached hydrogens (tertiary/aromatic N) is 3. The molecule has 2 atom stereocenters. The summed E-state index contributed by atoms with van der Waals surface area (Å²) in [6.07, 6.45) is 3.62. The second kappa shape index (κ2) is 10.9. The van der Waals surface area contributed by atoms with Crippen LogP contribution in [0.15, 0.2) is 53.5 Å². The van der Waals surface area contributed by atoms with E-state index in [0.29, 0.717) is 47.6 Å². The number of aliphatic imine (C=N–C) groups is 1. The first-order valence-electron chi connectivity index (χ1n) is 12.9. The number of benzene rings is 3. The van der Waals surface area contributed by atoms with E-state index in [2.05, 4.69) is 20.4 Å². The van der Waals surface area contributed by atoms with Crippen molar-refractivity contribution in [1.82, 2.24) is 15.1 Å². The Morgan fingerprint density at radius 1 is 1.16 bits per heavy atom. The van der Waals surface area contributed by atoms with Crippen molar-refractivity contribution >= 4 is 28.7 Å². The van der Waals surface area contributed by atoms with Gasteiger partial charge in [-0.2, -0.15) is 0 Å². The van der Waals surface area contributed by atoms with E-state index < -0.39 is 5.82 Å². The normalized spacial score (nSPS) is 19.6. The molecule has 0 aliphatic carbocycles. The lowest BCUT2D eigenvalue weighted by molar-refractivity contribution is -0.105. The number of hydrogen-bond acceptors (Lipinski definition) is 5. The number of amidine groups is 1. The van der Waals surface area contributed by atoms with E-state index in [9.17, 15) is 9.90 Å². The molecule has 2 fully saturated rings. The quantitative estimate of drug-likeness (QED) is 0.187. The molecule has 194 valence electrons. The van der Waals surface area contributed by atoms with Crippen molar-refractivity contribution in [3.63, 3.8) is 0 Å². The molecule has 3 aromatic rings. The van der Waals surface area contributed by atoms with Crippen molar-refractivity contribution in [2.75, 3.05) is 45.6 Å². The number of amides is 1. The lowest BCUT2D eigenvalue weighted by Crippen LogP contribution is -2.53. The number of piperazine rings is 1. The Labute approximate surface area is 217 Å². The molecule has 2 saturated heterocycles. The predicted octanol–water partition coefficient (Wildman–Crippen LogP) is 4.05. The molecule has 3 aromatic carbocycles. The summed E-state index contributed by atoms with van der Waals surface area (Å²) in [5.41, 5.74) is 1.56. The number of carbonyl (C=O) groups is 1. The molecule has 0 saturated carbocycles. The van der Waals surface area contributed by atoms with E-state index in [1.54, 1.807) is 18.2 Å². The van der Waals surface area contributed by atoms with Gasteiger partial charge in [0.1, 0.15) is 11.6 Å². The number of phenols is 1. The van der Waals surface area contributed by atoms with Gasteiger partial charge in [0.2, 0.25) is 6.41 Å². The molecule has 2 aliphatic heterocycles. The summed E-state index contributed by atoms with van der Waals surface area (Å²) >= 11 is 0. The number of nitrogens with one attached hydrogen (secondary N) is 2. The van der Waals surface area contributed by atoms with Gasteiger partial charge in [-0.3, -0.25) is 9.79 Å². The average molecular weight is 504 g/mol. The summed E-state index contributed by atoms with van der Waals surface area (Å²) in [5.74, 6) is 0.230. The Morgan fingerprint density at radius 2 is 1.92 bits per heavy atom. The summed E-state index contributed by atoms with van der Waals surface area (Å²) in [4.78, 5) is 21.0. The first-order valence-corrected chi connectivity index (χ1v) is 12.9. The van der Waals surface area contributed by atoms with Crippen LogP contribution >= 0.6 is 0 Å². The topological polar surface area (TPSA) is 80.2 Å². The standard InChI is InChI=1S/C29H34FN5O2/c1-34(2)13-5-12-31-29(35-16-20-8-9-21(17-35)33-20)25-11-10-24(27(30)28(25)32-18-36)26-15-22(37)14-19-6-3-4-7-23(19)26/h3-4,6-7,10-11,14-15,18,20-21,33,37H,5,8-9,12-13,16-17H2,1-2H3,(H,32,36). The highest BCUT2D eigenvalue weighted by Gasteiger charge is 2.34. The largest absolute Gasteiger partial charge is 0.508 e. The van der Waals surface area contributed by atoms with Gasteiger partial charge < -0.3 is 25.5 Å². The van der Waals surface area contributed by atoms with Crippen LogP contribution in [0.25, 0.3) is 21.9 Å². The highest BCUT2D eigenvalue weighted by atomic mass is 19.1. The zero-order chi connectivity index (χ0) is 25.9. The van der Waals surface area contributed by atoms with Crippen LogP contribution < -0.4 is 10.6 Å². The zero-order valence-electron chi connectivity index (χ0n) is 21.4. The maximum absolute atomic E-state index is 16.3. The molecular weight excluding hydrogens is 469 g/mol. The van der Waals surface area contributed by atoms with Crippen molar-refractivity contribution in [2.45, 2.75) is 31.3 Å². The van der Waals surface area contributed by atoms with Crippen molar-refractivity contribution in [1.29, 1.82) is 0 Å². The van der Waals surface area contributed by atoms with Crippen LogP contribution in [-0.4, -0.2) is 79.5 Å². The van der Waals surface area contributed by atoms with Gasteiger partial charge in [0, 0.05) is 42.8 Å². The lowest BCUT2D eigenvalue weighted by atomic mass is 9.95. The highest BCUT2D eigenvalue weighted by Crippen LogP contribution is 2.38. The molecule has 1 amide bonds. The Balaban J connectivity index is 1.60. The fourth-order valence-electron chi connectivity index (χ4n) is 5.59. The predicted molar refractivity (Wildman–Crippen MR) is 147 cm³/mol. The van der Waals surface area contributed by atoms with Crippen molar-refractivity contribution in [3.05, 3.63) is 59.9 Å². The highest BCUT2D eigenvalue weighted by molar-refractivity contribution is 6.07. The number of rotatable bonds is 8. The van der Waals surface area contributed by atoms with E-state index in [1.807, 2.05) is 44.4 Å². The summed E-state index contributed by atoms with van der Waals surface area (Å²) in [7, 11) is 4.06. The van der Waals surface area contributed by atoms with E-state index >= 15 is 4.39 Å². The van der Waals surface area contributed by atoms with Gasteiger partial charge in [-0.25, -0.2) is 4.39 Å². The van der Waals surface area contributed by atoms with Crippen molar-refractivity contribution < 1.29 is 14.3 Å². The van der Waals surface area contributed by atoms with Gasteiger partial charge in [0.15, 0.2) is 5.82 Å². The number of phenolic OH excluding ortho intramolecular Hbond substituents is 1. The minimum Gasteiger partial charge on any atom is -0.508 e. The van der Waals surface area contributed by atoms with Gasteiger partial charge in [0.25, 0.3) is 0 Å². The van der Waals surface area contributed by atoms with E-state index in [-0.39, 0.29) is 11.4 Å². The smallest absolute Gasteiger partial charge is 0.211 e. The van der Waals surface area contributed by atoms with Crippen LogP contribution in [0.5, 0.6) is 5.75 Å². The second-order valence-corrected chi connectivity index (χ2v) is 10.2. The molecule has 3 N–H and O–H groups in total. The molecule has 5 rings (SSSR count). The molecule has 37 heavy (non-hydrogen) atoms. The van der Waals surface area contributed by atoms with Crippen LogP contribution in [0.4, 0.5) is 10.1 Å². The maximum Gasteiger partial charge on any atom is 0.211 e. The monoisotopic (exact) mass is 503 g/mol. The van der Waals surface area contributed by atoms with Gasteiger partial charge >= 0.3 is 0 Å². The van der Waals surface area contributed by atoms with Gasteiger partial charge in [-0.05, 0) is 74.4 Å². The minimum absolute atomic E-state index is 0.0570. The third-order valence-corrected chi connectivity index (χ3v) is 7.26. The van der Waals surface area contributed by atoms with E-state index in [1.165, 1.54) is 0 Å². The summed E-state index contributed by atoms with van der Waals surface area (Å²) in [6.45, 7) is 3.10. The van der Waals surface area contributed by atoms with Crippen LogP contribution in [0.2, 0.25) is 0 Å². The maximum atomic E-state index is 16.3. The molecule has 2 unspecified atom stereocenters. The van der Waals surface area contributed by atoms with Gasteiger partial charge in [-0.1, -0.05) is 30.3 Å². The number of aromatic hydroxyl groups is 1. The first-order chi connectivity index (χ1) is 17.9. The summed E-state index contributed by atoms with van der Waals surface area (Å²) in [6, 6.07) is 15.1.